The summed E-state index contributed by atoms with van der Waals surface area (Å²) in [6.45, 7) is 8.67. The van der Waals surface area contributed by atoms with E-state index in [0.717, 1.165) is 30.7 Å². The van der Waals surface area contributed by atoms with Crippen molar-refractivity contribution in [1.29, 1.82) is 0 Å². The average Bonchev–Trinajstić information content (AvgIpc) is 3.30. The van der Waals surface area contributed by atoms with Gasteiger partial charge in [0.1, 0.15) is 11.2 Å². The molecule has 0 amide bonds. The van der Waals surface area contributed by atoms with Crippen molar-refractivity contribution in [3.8, 4) is 11.5 Å². The van der Waals surface area contributed by atoms with Crippen LogP contribution in [0.15, 0.2) is 55.1 Å². The van der Waals surface area contributed by atoms with Crippen LogP contribution in [0.1, 0.15) is 52.0 Å². The summed E-state index contributed by atoms with van der Waals surface area (Å²) < 4.78 is 21.1. The first kappa shape index (κ1) is 24.7. The first-order chi connectivity index (χ1) is 17.0. The van der Waals surface area contributed by atoms with Crippen LogP contribution in [0.5, 0.6) is 0 Å². The number of ether oxygens (including phenoxy) is 1. The Kier molecular flexibility index (Phi) is 8.02. The highest BCUT2D eigenvalue weighted by molar-refractivity contribution is 5.78. The molecule has 4 aromatic heterocycles. The molecule has 5 rings (SSSR count). The van der Waals surface area contributed by atoms with Crippen molar-refractivity contribution in [2.75, 3.05) is 18.5 Å². The summed E-state index contributed by atoms with van der Waals surface area (Å²) in [5.41, 5.74) is 3.45. The summed E-state index contributed by atoms with van der Waals surface area (Å²) in [5.74, 6) is 0.550. The van der Waals surface area contributed by atoms with Crippen LogP contribution in [-0.2, 0) is 11.2 Å². The van der Waals surface area contributed by atoms with Crippen LogP contribution in [0, 0.1) is 11.2 Å². The van der Waals surface area contributed by atoms with Crippen LogP contribution < -0.4 is 5.32 Å². The number of pyridine rings is 2. The fourth-order valence-corrected chi connectivity index (χ4v) is 4.39. The molecule has 0 saturated carbocycles. The second kappa shape index (κ2) is 11.4. The number of rotatable bonds is 6. The van der Waals surface area contributed by atoms with Gasteiger partial charge in [-0.2, -0.15) is 0 Å². The number of aryl methyl sites for hydroxylation is 1. The molecule has 0 aromatic carbocycles. The maximum atomic E-state index is 14.0. The Balaban J connectivity index is 0.000000243. The molecule has 1 aliphatic rings. The number of anilines is 2. The van der Waals surface area contributed by atoms with Gasteiger partial charge in [-0.05, 0) is 60.9 Å². The fourth-order valence-electron chi connectivity index (χ4n) is 4.39. The van der Waals surface area contributed by atoms with Crippen LogP contribution in [0.4, 0.5) is 15.9 Å². The standard InChI is InChI=1S/C18H15FN6.C9H18O/c1-2-12-7-10-25-16(12)18(22-14-6-9-20-11-13(14)19)23-17(24-25)15-5-3-4-8-21-15;1-3-4-9(2)5-7-10-8-6-9/h3-11H,2H2,1H3,(H,20,22,23,24);3-8H2,1-2H3. The van der Waals surface area contributed by atoms with Crippen LogP contribution >= 0.6 is 0 Å². The first-order valence-corrected chi connectivity index (χ1v) is 12.3. The van der Waals surface area contributed by atoms with Crippen LogP contribution in [0.3, 0.4) is 0 Å². The Labute approximate surface area is 205 Å². The fraction of sp³-hybridized carbons (Fsp3) is 0.407. The van der Waals surface area contributed by atoms with Gasteiger partial charge < -0.3 is 10.1 Å². The molecule has 0 spiro atoms. The van der Waals surface area contributed by atoms with Crippen molar-refractivity contribution in [2.45, 2.75) is 52.9 Å². The molecule has 0 bridgehead atoms. The summed E-state index contributed by atoms with van der Waals surface area (Å²) in [5, 5.41) is 7.61. The van der Waals surface area contributed by atoms with E-state index >= 15 is 0 Å². The minimum Gasteiger partial charge on any atom is -0.381 e. The second-order valence-electron chi connectivity index (χ2n) is 9.14. The van der Waals surface area contributed by atoms with Gasteiger partial charge in [0.15, 0.2) is 11.6 Å². The topological polar surface area (TPSA) is 77.2 Å². The molecule has 7 nitrogen and oxygen atoms in total. The smallest absolute Gasteiger partial charge is 0.200 e. The largest absolute Gasteiger partial charge is 0.381 e. The van der Waals surface area contributed by atoms with E-state index in [0.29, 0.717) is 28.4 Å². The lowest BCUT2D eigenvalue weighted by Gasteiger charge is -2.33. The van der Waals surface area contributed by atoms with Crippen molar-refractivity contribution in [1.82, 2.24) is 24.6 Å². The summed E-state index contributed by atoms with van der Waals surface area (Å²) in [6, 6.07) is 9.10. The molecule has 0 radical (unpaired) electrons. The Hall–Kier alpha value is -3.39. The van der Waals surface area contributed by atoms with Gasteiger partial charge in [0, 0.05) is 31.8 Å². The predicted octanol–water partition coefficient (Wildman–Crippen LogP) is 6.23. The van der Waals surface area contributed by atoms with Gasteiger partial charge >= 0.3 is 0 Å². The van der Waals surface area contributed by atoms with Gasteiger partial charge in [-0.25, -0.2) is 13.9 Å². The van der Waals surface area contributed by atoms with E-state index in [9.17, 15) is 4.39 Å². The van der Waals surface area contributed by atoms with Crippen molar-refractivity contribution < 1.29 is 9.13 Å². The van der Waals surface area contributed by atoms with Crippen molar-refractivity contribution in [3.63, 3.8) is 0 Å². The van der Waals surface area contributed by atoms with Gasteiger partial charge in [0.2, 0.25) is 5.82 Å². The molecule has 0 aliphatic carbocycles. The minimum atomic E-state index is -0.441. The van der Waals surface area contributed by atoms with Gasteiger partial charge in [-0.15, -0.1) is 5.10 Å². The number of nitrogens with zero attached hydrogens (tertiary/aromatic N) is 5. The predicted molar refractivity (Wildman–Crippen MR) is 136 cm³/mol. The van der Waals surface area contributed by atoms with Crippen molar-refractivity contribution in [2.24, 2.45) is 5.41 Å². The van der Waals surface area contributed by atoms with Crippen LogP contribution in [0.2, 0.25) is 0 Å². The van der Waals surface area contributed by atoms with E-state index in [1.165, 1.54) is 38.1 Å². The minimum absolute atomic E-state index is 0.311. The number of aromatic nitrogens is 5. The van der Waals surface area contributed by atoms with Gasteiger partial charge in [-0.1, -0.05) is 33.3 Å². The quantitative estimate of drug-likeness (QED) is 0.355. The van der Waals surface area contributed by atoms with Crippen molar-refractivity contribution >= 4 is 17.0 Å². The molecule has 0 atom stereocenters. The lowest BCUT2D eigenvalue weighted by Crippen LogP contribution is -2.26. The third-order valence-corrected chi connectivity index (χ3v) is 6.45. The first-order valence-electron chi connectivity index (χ1n) is 12.3. The van der Waals surface area contributed by atoms with E-state index in [-0.39, 0.29) is 0 Å². The maximum absolute atomic E-state index is 14.0. The molecule has 5 heterocycles. The second-order valence-corrected chi connectivity index (χ2v) is 9.14. The Morgan fingerprint density at radius 1 is 1.11 bits per heavy atom. The van der Waals surface area contributed by atoms with E-state index < -0.39 is 5.82 Å². The average molecular weight is 477 g/mol. The molecule has 184 valence electrons. The summed E-state index contributed by atoms with van der Waals surface area (Å²) in [6.07, 6.45) is 12.3. The lowest BCUT2D eigenvalue weighted by molar-refractivity contribution is 0.0195. The highest BCUT2D eigenvalue weighted by atomic mass is 19.1. The zero-order chi connectivity index (χ0) is 24.7. The third kappa shape index (κ3) is 6.00. The molecular weight excluding hydrogens is 443 g/mol. The molecule has 1 saturated heterocycles. The van der Waals surface area contributed by atoms with Gasteiger partial charge in [0.05, 0.1) is 11.9 Å². The Morgan fingerprint density at radius 2 is 1.94 bits per heavy atom. The van der Waals surface area contributed by atoms with E-state index in [1.807, 2.05) is 30.5 Å². The van der Waals surface area contributed by atoms with E-state index in [1.54, 1.807) is 16.8 Å². The molecule has 35 heavy (non-hydrogen) atoms. The molecule has 4 aromatic rings. The lowest BCUT2D eigenvalue weighted by atomic mass is 9.79. The number of nitrogens with one attached hydrogen (secondary N) is 1. The van der Waals surface area contributed by atoms with E-state index in [4.69, 9.17) is 4.74 Å². The highest BCUT2D eigenvalue weighted by Crippen LogP contribution is 2.34. The zero-order valence-corrected chi connectivity index (χ0v) is 20.7. The molecule has 1 fully saturated rings. The van der Waals surface area contributed by atoms with Gasteiger partial charge in [-0.3, -0.25) is 9.97 Å². The van der Waals surface area contributed by atoms with E-state index in [2.05, 4.69) is 46.1 Å². The third-order valence-electron chi connectivity index (χ3n) is 6.45. The maximum Gasteiger partial charge on any atom is 0.200 e. The highest BCUT2D eigenvalue weighted by Gasteiger charge is 2.25. The SMILES string of the molecule is CCCC1(C)CCOCC1.CCc1ccn2nc(-c3ccccn3)nc(Nc3ccncc3F)c12. The zero-order valence-electron chi connectivity index (χ0n) is 20.7. The summed E-state index contributed by atoms with van der Waals surface area (Å²) in [4.78, 5) is 12.7. The molecule has 0 unspecified atom stereocenters. The summed E-state index contributed by atoms with van der Waals surface area (Å²) >= 11 is 0. The molecular formula is C27H33FN6O. The molecule has 8 heteroatoms. The normalized spacial score (nSPS) is 14.9. The molecule has 1 N–H and O–H groups in total. The number of fused-ring (bicyclic) bond motifs is 1. The number of halogens is 1. The van der Waals surface area contributed by atoms with Crippen molar-refractivity contribution in [3.05, 3.63) is 66.5 Å². The number of hydrogen-bond acceptors (Lipinski definition) is 6. The monoisotopic (exact) mass is 476 g/mol. The van der Waals surface area contributed by atoms with Crippen LogP contribution in [0.25, 0.3) is 17.0 Å². The van der Waals surface area contributed by atoms with Crippen LogP contribution in [-0.4, -0.2) is 37.8 Å². The number of hydrogen-bond donors (Lipinski definition) is 1. The Morgan fingerprint density at radius 3 is 2.63 bits per heavy atom. The molecule has 1 aliphatic heterocycles. The Bertz CT molecular complexity index is 1230. The van der Waals surface area contributed by atoms with Gasteiger partial charge in [0.25, 0.3) is 0 Å². The summed E-state index contributed by atoms with van der Waals surface area (Å²) in [7, 11) is 0.